The smallest absolute Gasteiger partial charge is 0.290 e. The summed E-state index contributed by atoms with van der Waals surface area (Å²) in [6, 6.07) is 7.42. The van der Waals surface area contributed by atoms with Gasteiger partial charge in [0.2, 0.25) is 0 Å². The molecule has 0 fully saturated rings. The van der Waals surface area contributed by atoms with E-state index >= 15 is 0 Å². The normalized spacial score (nSPS) is 10.4. The predicted molar refractivity (Wildman–Crippen MR) is 80.2 cm³/mol. The number of amides is 1. The first-order valence-corrected chi connectivity index (χ1v) is 6.65. The van der Waals surface area contributed by atoms with E-state index in [0.717, 1.165) is 9.86 Å². The van der Waals surface area contributed by atoms with E-state index in [0.29, 0.717) is 24.4 Å². The lowest BCUT2D eigenvalue weighted by molar-refractivity contribution is 0.0761. The molecule has 1 aromatic carbocycles. The largest absolute Gasteiger partial charge is 0.451 e. The average molecular weight is 320 g/mol. The monoisotopic (exact) mass is 319 g/mol. The van der Waals surface area contributed by atoms with Gasteiger partial charge in [-0.1, -0.05) is 28.1 Å². The van der Waals surface area contributed by atoms with E-state index in [9.17, 15) is 4.79 Å². The van der Waals surface area contributed by atoms with Gasteiger partial charge in [0.25, 0.3) is 5.91 Å². The molecule has 19 heavy (non-hydrogen) atoms. The van der Waals surface area contributed by atoms with E-state index in [4.69, 9.17) is 4.42 Å². The fourth-order valence-electron chi connectivity index (χ4n) is 1.82. The average Bonchev–Trinajstić information content (AvgIpc) is 2.80. The lowest BCUT2D eigenvalue weighted by atomic mass is 10.2. The maximum absolute atomic E-state index is 12.3. The van der Waals surface area contributed by atoms with E-state index in [1.807, 2.05) is 18.2 Å². The van der Waals surface area contributed by atoms with Crippen molar-refractivity contribution in [3.63, 3.8) is 0 Å². The van der Waals surface area contributed by atoms with Gasteiger partial charge in [-0.15, -0.1) is 13.2 Å². The van der Waals surface area contributed by atoms with E-state index < -0.39 is 0 Å². The molecule has 1 aromatic heterocycles. The first-order chi connectivity index (χ1) is 9.15. The van der Waals surface area contributed by atoms with Gasteiger partial charge in [-0.2, -0.15) is 0 Å². The second kappa shape index (κ2) is 5.89. The topological polar surface area (TPSA) is 33.5 Å². The molecule has 0 spiro atoms. The summed E-state index contributed by atoms with van der Waals surface area (Å²) in [6.45, 7) is 8.22. The number of rotatable bonds is 5. The van der Waals surface area contributed by atoms with Crippen LogP contribution in [0.25, 0.3) is 11.0 Å². The van der Waals surface area contributed by atoms with Crippen LogP contribution in [0.5, 0.6) is 0 Å². The van der Waals surface area contributed by atoms with Crippen molar-refractivity contribution >= 4 is 32.8 Å². The zero-order chi connectivity index (χ0) is 13.8. The number of nitrogens with zero attached hydrogens (tertiary/aromatic N) is 1. The van der Waals surface area contributed by atoms with Crippen molar-refractivity contribution in [3.05, 3.63) is 59.8 Å². The van der Waals surface area contributed by atoms with Gasteiger partial charge in [-0.05, 0) is 24.3 Å². The Morgan fingerprint density at radius 2 is 1.95 bits per heavy atom. The van der Waals surface area contributed by atoms with E-state index in [2.05, 4.69) is 29.1 Å². The van der Waals surface area contributed by atoms with Crippen molar-refractivity contribution in [2.75, 3.05) is 13.1 Å². The Morgan fingerprint density at radius 1 is 1.26 bits per heavy atom. The Morgan fingerprint density at radius 3 is 2.58 bits per heavy atom. The molecule has 1 amide bonds. The number of furan rings is 1. The van der Waals surface area contributed by atoms with Crippen LogP contribution in [-0.4, -0.2) is 23.9 Å². The highest BCUT2D eigenvalue weighted by Gasteiger charge is 2.18. The Labute approximate surface area is 120 Å². The Hall–Kier alpha value is -1.81. The molecule has 4 heteroatoms. The zero-order valence-corrected chi connectivity index (χ0v) is 12.0. The summed E-state index contributed by atoms with van der Waals surface area (Å²) in [5.74, 6) is 0.170. The second-order valence-corrected chi connectivity index (χ2v) is 5.00. The standard InChI is InChI=1S/C15H14BrNO2/c1-3-7-17(8-4-2)15(18)14-9-11-5-6-12(16)10-13(11)19-14/h3-6,9-10H,1-2,7-8H2. The molecule has 0 aliphatic carbocycles. The Balaban J connectivity index is 2.34. The summed E-state index contributed by atoms with van der Waals surface area (Å²) in [4.78, 5) is 13.9. The van der Waals surface area contributed by atoms with Gasteiger partial charge >= 0.3 is 0 Å². The van der Waals surface area contributed by atoms with Crippen molar-refractivity contribution in [3.8, 4) is 0 Å². The summed E-state index contributed by atoms with van der Waals surface area (Å²) in [5, 5.41) is 0.906. The number of carbonyl (C=O) groups is 1. The minimum atomic E-state index is -0.160. The van der Waals surface area contributed by atoms with Crippen LogP contribution in [0.3, 0.4) is 0 Å². The molecule has 0 radical (unpaired) electrons. The molecule has 2 aromatic rings. The SMILES string of the molecule is C=CCN(CC=C)C(=O)c1cc2ccc(Br)cc2o1. The molecule has 0 N–H and O–H groups in total. The molecule has 1 heterocycles. The third-order valence-corrected chi connectivity index (χ3v) is 3.17. The summed E-state index contributed by atoms with van der Waals surface area (Å²) in [5.41, 5.74) is 0.690. The van der Waals surface area contributed by atoms with Crippen molar-refractivity contribution < 1.29 is 9.21 Å². The van der Waals surface area contributed by atoms with Crippen LogP contribution in [0.1, 0.15) is 10.6 Å². The fraction of sp³-hybridized carbons (Fsp3) is 0.133. The highest BCUT2D eigenvalue weighted by Crippen LogP contribution is 2.24. The molecule has 0 bridgehead atoms. The van der Waals surface area contributed by atoms with Crippen LogP contribution in [-0.2, 0) is 0 Å². The summed E-state index contributed by atoms with van der Waals surface area (Å²) < 4.78 is 6.51. The summed E-state index contributed by atoms with van der Waals surface area (Å²) in [6.07, 6.45) is 3.36. The van der Waals surface area contributed by atoms with Gasteiger partial charge in [-0.3, -0.25) is 4.79 Å². The first-order valence-electron chi connectivity index (χ1n) is 5.86. The second-order valence-electron chi connectivity index (χ2n) is 4.08. The molecular weight excluding hydrogens is 306 g/mol. The maximum atomic E-state index is 12.3. The number of carbonyl (C=O) groups excluding carboxylic acids is 1. The minimum absolute atomic E-state index is 0.160. The van der Waals surface area contributed by atoms with Gasteiger partial charge in [-0.25, -0.2) is 0 Å². The third-order valence-electron chi connectivity index (χ3n) is 2.68. The molecule has 3 nitrogen and oxygen atoms in total. The first kappa shape index (κ1) is 13.6. The van der Waals surface area contributed by atoms with Crippen LogP contribution in [0.2, 0.25) is 0 Å². The van der Waals surface area contributed by atoms with E-state index in [-0.39, 0.29) is 5.91 Å². The van der Waals surface area contributed by atoms with Gasteiger partial charge in [0.15, 0.2) is 5.76 Å². The van der Waals surface area contributed by atoms with Crippen LogP contribution >= 0.6 is 15.9 Å². The van der Waals surface area contributed by atoms with Crippen molar-refractivity contribution in [1.29, 1.82) is 0 Å². The Kier molecular flexibility index (Phi) is 4.22. The molecule has 2 rings (SSSR count). The van der Waals surface area contributed by atoms with Gasteiger partial charge in [0.05, 0.1) is 0 Å². The van der Waals surface area contributed by atoms with Crippen LogP contribution in [0, 0.1) is 0 Å². The van der Waals surface area contributed by atoms with Gasteiger partial charge in [0.1, 0.15) is 5.58 Å². The Bertz CT molecular complexity index is 620. The third kappa shape index (κ3) is 2.96. The van der Waals surface area contributed by atoms with Crippen molar-refractivity contribution in [2.24, 2.45) is 0 Å². The summed E-state index contributed by atoms with van der Waals surface area (Å²) >= 11 is 3.38. The minimum Gasteiger partial charge on any atom is -0.451 e. The van der Waals surface area contributed by atoms with Crippen LogP contribution < -0.4 is 0 Å². The van der Waals surface area contributed by atoms with Crippen molar-refractivity contribution in [2.45, 2.75) is 0 Å². The number of fused-ring (bicyclic) bond motifs is 1. The predicted octanol–water partition coefficient (Wildman–Crippen LogP) is 4.01. The van der Waals surface area contributed by atoms with Gasteiger partial charge < -0.3 is 9.32 Å². The molecule has 0 atom stereocenters. The van der Waals surface area contributed by atoms with Crippen LogP contribution in [0.15, 0.2) is 58.5 Å². The van der Waals surface area contributed by atoms with E-state index in [1.165, 1.54) is 0 Å². The molecule has 0 unspecified atom stereocenters. The number of hydrogen-bond acceptors (Lipinski definition) is 2. The molecule has 0 aliphatic rings. The molecule has 98 valence electrons. The van der Waals surface area contributed by atoms with E-state index in [1.54, 1.807) is 23.1 Å². The summed E-state index contributed by atoms with van der Waals surface area (Å²) in [7, 11) is 0. The van der Waals surface area contributed by atoms with Crippen LogP contribution in [0.4, 0.5) is 0 Å². The highest BCUT2D eigenvalue weighted by molar-refractivity contribution is 9.10. The molecule has 0 saturated carbocycles. The zero-order valence-electron chi connectivity index (χ0n) is 10.4. The number of benzene rings is 1. The lowest BCUT2D eigenvalue weighted by Crippen LogP contribution is -2.30. The fourth-order valence-corrected chi connectivity index (χ4v) is 2.16. The molecule has 0 saturated heterocycles. The number of hydrogen-bond donors (Lipinski definition) is 0. The highest BCUT2D eigenvalue weighted by atomic mass is 79.9. The lowest BCUT2D eigenvalue weighted by Gasteiger charge is -2.17. The quantitative estimate of drug-likeness (QED) is 0.780. The van der Waals surface area contributed by atoms with Gasteiger partial charge in [0, 0.05) is 22.9 Å². The molecule has 0 aliphatic heterocycles. The molecular formula is C15H14BrNO2. The van der Waals surface area contributed by atoms with Crippen molar-refractivity contribution in [1.82, 2.24) is 4.90 Å². The maximum Gasteiger partial charge on any atom is 0.290 e. The number of halogens is 1.